The fourth-order valence-electron chi connectivity index (χ4n) is 4.08. The average Bonchev–Trinajstić information content (AvgIpc) is 3.19. The molecule has 0 N–H and O–H groups in total. The third-order valence-electron chi connectivity index (χ3n) is 5.45. The molecule has 1 fully saturated rings. The van der Waals surface area contributed by atoms with Crippen LogP contribution < -0.4 is 14.4 Å². The molecule has 29 heavy (non-hydrogen) atoms. The molecule has 3 aromatic rings. The Morgan fingerprint density at radius 2 is 1.90 bits per heavy atom. The van der Waals surface area contributed by atoms with Crippen LogP contribution in [-0.4, -0.2) is 67.5 Å². The molecule has 1 atom stereocenters. The van der Waals surface area contributed by atoms with Crippen LogP contribution in [0.2, 0.25) is 0 Å². The number of rotatable bonds is 6. The molecule has 4 rings (SSSR count). The molecule has 3 heterocycles. The van der Waals surface area contributed by atoms with Crippen molar-refractivity contribution in [2.75, 3.05) is 46.3 Å². The van der Waals surface area contributed by atoms with Crippen molar-refractivity contribution in [2.24, 2.45) is 0 Å². The second-order valence-corrected chi connectivity index (χ2v) is 7.64. The molecular formula is C22H27N5O2. The Morgan fingerprint density at radius 1 is 1.10 bits per heavy atom. The van der Waals surface area contributed by atoms with Crippen LogP contribution in [0.4, 0.5) is 5.82 Å². The van der Waals surface area contributed by atoms with Crippen molar-refractivity contribution in [3.05, 3.63) is 36.7 Å². The first-order chi connectivity index (χ1) is 14.1. The monoisotopic (exact) mass is 393 g/mol. The summed E-state index contributed by atoms with van der Waals surface area (Å²) in [6.45, 7) is 2.10. The molecule has 7 heteroatoms. The second kappa shape index (κ2) is 8.21. The number of anilines is 1. The van der Waals surface area contributed by atoms with Gasteiger partial charge in [0.25, 0.3) is 0 Å². The van der Waals surface area contributed by atoms with Gasteiger partial charge in [0, 0.05) is 47.9 Å². The van der Waals surface area contributed by atoms with Gasteiger partial charge in [-0.1, -0.05) is 0 Å². The summed E-state index contributed by atoms with van der Waals surface area (Å²) in [7, 11) is 7.50. The SMILES string of the molecule is COc1cc2nncc(-c3ccc(N4CCCC4CN(C)C)nc3)c2cc1OC. The van der Waals surface area contributed by atoms with E-state index in [2.05, 4.69) is 46.2 Å². The Kier molecular flexibility index (Phi) is 5.49. The zero-order valence-corrected chi connectivity index (χ0v) is 17.4. The number of fused-ring (bicyclic) bond motifs is 1. The summed E-state index contributed by atoms with van der Waals surface area (Å²) < 4.78 is 10.9. The standard InChI is InChI=1S/C22H27N5O2/c1-26(2)14-16-6-5-9-27(16)22-8-7-15(12-23-22)18-13-24-25-19-11-21(29-4)20(28-3)10-17(18)19/h7-8,10-13,16H,5-6,9,14H2,1-4H3. The third-order valence-corrected chi connectivity index (χ3v) is 5.45. The van der Waals surface area contributed by atoms with Crippen molar-refractivity contribution in [1.29, 1.82) is 0 Å². The Labute approximate surface area is 171 Å². The minimum absolute atomic E-state index is 0.517. The first-order valence-electron chi connectivity index (χ1n) is 9.86. The van der Waals surface area contributed by atoms with Crippen molar-refractivity contribution in [3.63, 3.8) is 0 Å². The van der Waals surface area contributed by atoms with Gasteiger partial charge in [0.2, 0.25) is 0 Å². The lowest BCUT2D eigenvalue weighted by Gasteiger charge is -2.28. The van der Waals surface area contributed by atoms with Gasteiger partial charge in [-0.05, 0) is 45.1 Å². The lowest BCUT2D eigenvalue weighted by molar-refractivity contribution is 0.356. The third kappa shape index (κ3) is 3.82. The highest BCUT2D eigenvalue weighted by atomic mass is 16.5. The largest absolute Gasteiger partial charge is 0.493 e. The molecule has 0 aliphatic carbocycles. The van der Waals surface area contributed by atoms with Crippen molar-refractivity contribution in [3.8, 4) is 22.6 Å². The van der Waals surface area contributed by atoms with Crippen LogP contribution in [0.3, 0.4) is 0 Å². The molecule has 0 saturated carbocycles. The molecule has 0 bridgehead atoms. The van der Waals surface area contributed by atoms with Gasteiger partial charge in [0.05, 0.1) is 25.9 Å². The van der Waals surface area contributed by atoms with E-state index < -0.39 is 0 Å². The zero-order chi connectivity index (χ0) is 20.4. The molecule has 1 aromatic carbocycles. The molecule has 1 unspecified atom stereocenters. The van der Waals surface area contributed by atoms with Crippen LogP contribution in [0, 0.1) is 0 Å². The van der Waals surface area contributed by atoms with E-state index in [0.29, 0.717) is 17.5 Å². The van der Waals surface area contributed by atoms with Crippen molar-refractivity contribution >= 4 is 16.7 Å². The highest BCUT2D eigenvalue weighted by Crippen LogP contribution is 2.36. The van der Waals surface area contributed by atoms with E-state index in [1.165, 1.54) is 12.8 Å². The highest BCUT2D eigenvalue weighted by molar-refractivity contribution is 5.95. The Bertz CT molecular complexity index is 990. The molecule has 1 saturated heterocycles. The lowest BCUT2D eigenvalue weighted by atomic mass is 10.0. The molecule has 0 spiro atoms. The number of nitrogens with zero attached hydrogens (tertiary/aromatic N) is 5. The van der Waals surface area contributed by atoms with E-state index in [1.54, 1.807) is 20.4 Å². The Morgan fingerprint density at radius 3 is 2.59 bits per heavy atom. The van der Waals surface area contributed by atoms with Crippen LogP contribution in [0.25, 0.3) is 22.0 Å². The molecule has 152 valence electrons. The van der Waals surface area contributed by atoms with Gasteiger partial charge < -0.3 is 19.3 Å². The van der Waals surface area contributed by atoms with Crippen LogP contribution in [0.15, 0.2) is 36.7 Å². The predicted octanol–water partition coefficient (Wildman–Crippen LogP) is 3.24. The summed E-state index contributed by atoms with van der Waals surface area (Å²) in [5.41, 5.74) is 2.74. The first-order valence-corrected chi connectivity index (χ1v) is 9.86. The fourth-order valence-corrected chi connectivity index (χ4v) is 4.08. The van der Waals surface area contributed by atoms with Gasteiger partial charge in [-0.15, -0.1) is 0 Å². The van der Waals surface area contributed by atoms with Gasteiger partial charge in [0.15, 0.2) is 11.5 Å². The maximum absolute atomic E-state index is 5.47. The van der Waals surface area contributed by atoms with E-state index in [-0.39, 0.29) is 0 Å². The summed E-state index contributed by atoms with van der Waals surface area (Å²) in [6.07, 6.45) is 6.12. The smallest absolute Gasteiger partial charge is 0.162 e. The number of aromatic nitrogens is 3. The van der Waals surface area contributed by atoms with E-state index in [4.69, 9.17) is 14.5 Å². The quantitative estimate of drug-likeness (QED) is 0.637. The number of benzene rings is 1. The second-order valence-electron chi connectivity index (χ2n) is 7.64. The summed E-state index contributed by atoms with van der Waals surface area (Å²) in [6, 6.07) is 8.53. The Balaban J connectivity index is 1.68. The van der Waals surface area contributed by atoms with Crippen LogP contribution in [0.1, 0.15) is 12.8 Å². The van der Waals surface area contributed by atoms with Gasteiger partial charge in [-0.2, -0.15) is 10.2 Å². The number of ether oxygens (including phenoxy) is 2. The summed E-state index contributed by atoms with van der Waals surface area (Å²) in [5, 5.41) is 9.38. The number of pyridine rings is 1. The van der Waals surface area contributed by atoms with Crippen LogP contribution >= 0.6 is 0 Å². The van der Waals surface area contributed by atoms with Crippen molar-refractivity contribution < 1.29 is 9.47 Å². The van der Waals surface area contributed by atoms with Crippen molar-refractivity contribution in [2.45, 2.75) is 18.9 Å². The minimum atomic E-state index is 0.517. The van der Waals surface area contributed by atoms with Gasteiger partial charge in [0.1, 0.15) is 5.82 Å². The molecule has 0 radical (unpaired) electrons. The number of hydrogen-bond acceptors (Lipinski definition) is 7. The van der Waals surface area contributed by atoms with E-state index >= 15 is 0 Å². The molecule has 1 aliphatic heterocycles. The topological polar surface area (TPSA) is 63.6 Å². The molecule has 0 amide bonds. The summed E-state index contributed by atoms with van der Waals surface area (Å²) in [4.78, 5) is 9.44. The number of methoxy groups -OCH3 is 2. The maximum Gasteiger partial charge on any atom is 0.162 e. The van der Waals surface area contributed by atoms with E-state index in [0.717, 1.165) is 40.9 Å². The maximum atomic E-state index is 5.47. The molecular weight excluding hydrogens is 366 g/mol. The van der Waals surface area contributed by atoms with Gasteiger partial charge >= 0.3 is 0 Å². The fraction of sp³-hybridized carbons (Fsp3) is 0.409. The van der Waals surface area contributed by atoms with Crippen molar-refractivity contribution in [1.82, 2.24) is 20.1 Å². The normalized spacial score (nSPS) is 16.6. The van der Waals surface area contributed by atoms with E-state index in [9.17, 15) is 0 Å². The van der Waals surface area contributed by atoms with Gasteiger partial charge in [-0.3, -0.25) is 0 Å². The lowest BCUT2D eigenvalue weighted by Crippen LogP contribution is -2.37. The predicted molar refractivity (Wildman–Crippen MR) is 115 cm³/mol. The molecule has 7 nitrogen and oxygen atoms in total. The highest BCUT2D eigenvalue weighted by Gasteiger charge is 2.26. The molecule has 1 aliphatic rings. The average molecular weight is 393 g/mol. The minimum Gasteiger partial charge on any atom is -0.493 e. The van der Waals surface area contributed by atoms with Crippen LogP contribution in [0.5, 0.6) is 11.5 Å². The van der Waals surface area contributed by atoms with E-state index in [1.807, 2.05) is 18.3 Å². The number of likely N-dealkylation sites (N-methyl/N-ethyl adjacent to an activating group) is 1. The first kappa shape index (κ1) is 19.4. The molecule has 2 aromatic heterocycles. The van der Waals surface area contributed by atoms with Crippen LogP contribution in [-0.2, 0) is 0 Å². The van der Waals surface area contributed by atoms with Gasteiger partial charge in [-0.25, -0.2) is 4.98 Å². The summed E-state index contributed by atoms with van der Waals surface area (Å²) in [5.74, 6) is 2.34. The zero-order valence-electron chi connectivity index (χ0n) is 17.4. The summed E-state index contributed by atoms with van der Waals surface area (Å²) >= 11 is 0. The number of hydrogen-bond donors (Lipinski definition) is 0. The Hall–Kier alpha value is -2.93.